The van der Waals surface area contributed by atoms with Crippen LogP contribution in [0.1, 0.15) is 83.1 Å². The second kappa shape index (κ2) is 22.5. The summed E-state index contributed by atoms with van der Waals surface area (Å²) in [4.78, 5) is 23.1. The van der Waals surface area contributed by atoms with Gasteiger partial charge in [-0.3, -0.25) is 9.59 Å². The lowest BCUT2D eigenvalue weighted by Crippen LogP contribution is -2.29. The molecule has 370 valence electrons. The van der Waals surface area contributed by atoms with E-state index in [1.165, 1.54) is 32.4 Å². The maximum Gasteiger partial charge on any atom is 0.488 e. The number of methoxy groups -OCH3 is 4. The molecule has 2 heterocycles. The number of phenols is 1. The monoisotopic (exact) mass is 974 g/mol. The zero-order chi connectivity index (χ0) is 50.2. The van der Waals surface area contributed by atoms with Crippen molar-refractivity contribution < 1.29 is 76.2 Å². The van der Waals surface area contributed by atoms with Crippen molar-refractivity contribution in [2.75, 3.05) is 41.7 Å². The number of benzene rings is 6. The third kappa shape index (κ3) is 11.6. The summed E-state index contributed by atoms with van der Waals surface area (Å²) >= 11 is 0. The average Bonchev–Trinajstić information content (AvgIpc) is 4.20. The molecule has 3 N–H and O–H groups in total. The molecule has 0 amide bonds. The smallest absolute Gasteiger partial charge is 0.488 e. The molecule has 0 radical (unpaired) electrons. The van der Waals surface area contributed by atoms with Gasteiger partial charge in [-0.05, 0) is 104 Å². The van der Waals surface area contributed by atoms with Gasteiger partial charge in [-0.15, -0.1) is 0 Å². The number of carbonyl (C=O) groups is 2. The Morgan fingerprint density at radius 1 is 0.592 bits per heavy atom. The van der Waals surface area contributed by atoms with Crippen LogP contribution in [0.25, 0.3) is 0 Å². The maximum absolute atomic E-state index is 14.9. The number of fused-ring (bicyclic) bond motifs is 4. The zero-order valence-corrected chi connectivity index (χ0v) is 39.5. The number of phenolic OH excluding ortho intramolecular Hbond substituents is 1. The molecule has 0 bridgehead atoms. The molecule has 6 aromatic carbocycles. The van der Waals surface area contributed by atoms with E-state index >= 15 is 0 Å². The Bertz CT molecular complexity index is 2840. The third-order valence-corrected chi connectivity index (χ3v) is 12.8. The Labute approximate surface area is 409 Å². The Hall–Kier alpha value is -7.50. The largest absolute Gasteiger partial charge is 0.508 e. The SMILES string of the molecule is COC(=O)CC1COc2cc(O[C@@H]3CCc4c(O)ccc(F)c43)ccc21.COC(=O)CC1COc2cc(O[C@@H]3CCc4c(Oc5ccc(OC)cc5)ccc(F)c43)ccc21.COc1ccc(B(O)O)cc1. The van der Waals surface area contributed by atoms with Crippen LogP contribution >= 0.6 is 0 Å². The van der Waals surface area contributed by atoms with E-state index < -0.39 is 19.3 Å². The van der Waals surface area contributed by atoms with E-state index in [-0.39, 0.29) is 54.0 Å². The predicted octanol–water partition coefficient (Wildman–Crippen LogP) is 8.74. The summed E-state index contributed by atoms with van der Waals surface area (Å²) in [6.45, 7) is 0.837. The lowest BCUT2D eigenvalue weighted by Gasteiger charge is -2.17. The molecule has 2 unspecified atom stereocenters. The van der Waals surface area contributed by atoms with Crippen LogP contribution in [-0.4, -0.2) is 75.9 Å². The van der Waals surface area contributed by atoms with Gasteiger partial charge in [0.25, 0.3) is 0 Å². The van der Waals surface area contributed by atoms with Crippen LogP contribution in [-0.2, 0) is 31.9 Å². The molecule has 0 spiro atoms. The highest BCUT2D eigenvalue weighted by atomic mass is 19.1. The van der Waals surface area contributed by atoms with E-state index in [1.807, 2.05) is 42.5 Å². The van der Waals surface area contributed by atoms with E-state index in [9.17, 15) is 23.5 Å². The molecule has 2 aliphatic heterocycles. The molecule has 10 rings (SSSR count). The van der Waals surface area contributed by atoms with Crippen molar-refractivity contribution in [3.05, 3.63) is 154 Å². The molecular weight excluding hydrogens is 921 g/mol. The number of esters is 2. The lowest BCUT2D eigenvalue weighted by atomic mass is 9.80. The van der Waals surface area contributed by atoms with Gasteiger partial charge in [-0.25, -0.2) is 8.78 Å². The normalized spacial score (nSPS) is 17.5. The molecular formula is C54H53BF2O14. The molecule has 2 aliphatic carbocycles. The van der Waals surface area contributed by atoms with Gasteiger partial charge in [0.15, 0.2) is 0 Å². The first kappa shape index (κ1) is 49.9. The van der Waals surface area contributed by atoms with Gasteiger partial charge in [0, 0.05) is 57.3 Å². The second-order valence-electron chi connectivity index (χ2n) is 17.1. The fourth-order valence-electron chi connectivity index (χ4n) is 9.07. The van der Waals surface area contributed by atoms with Crippen LogP contribution in [0.2, 0.25) is 0 Å². The summed E-state index contributed by atoms with van der Waals surface area (Å²) in [5.74, 6) is 4.04. The first-order chi connectivity index (χ1) is 34.3. The minimum Gasteiger partial charge on any atom is -0.508 e. The van der Waals surface area contributed by atoms with Crippen molar-refractivity contribution >= 4 is 24.5 Å². The van der Waals surface area contributed by atoms with Crippen LogP contribution < -0.4 is 38.6 Å². The average molecular weight is 975 g/mol. The molecule has 0 fully saturated rings. The summed E-state index contributed by atoms with van der Waals surface area (Å²) in [6, 6.07) is 30.5. The van der Waals surface area contributed by atoms with Gasteiger partial charge in [-0.2, -0.15) is 0 Å². The maximum atomic E-state index is 14.9. The topological polar surface area (TPSA) is 178 Å². The molecule has 17 heteroatoms. The highest BCUT2D eigenvalue weighted by molar-refractivity contribution is 6.58. The van der Waals surface area contributed by atoms with Gasteiger partial charge in [0.2, 0.25) is 0 Å². The fraction of sp³-hybridized carbons (Fsp3) is 0.296. The molecule has 0 saturated carbocycles. The summed E-state index contributed by atoms with van der Waals surface area (Å²) < 4.78 is 78.3. The summed E-state index contributed by atoms with van der Waals surface area (Å²) in [5, 5.41) is 27.3. The van der Waals surface area contributed by atoms with Crippen molar-refractivity contribution in [1.82, 2.24) is 0 Å². The van der Waals surface area contributed by atoms with E-state index in [0.29, 0.717) is 101 Å². The number of halogens is 2. The first-order valence-corrected chi connectivity index (χ1v) is 23.0. The predicted molar refractivity (Wildman–Crippen MR) is 256 cm³/mol. The van der Waals surface area contributed by atoms with E-state index in [0.717, 1.165) is 22.4 Å². The van der Waals surface area contributed by atoms with Crippen molar-refractivity contribution in [1.29, 1.82) is 0 Å². The third-order valence-electron chi connectivity index (χ3n) is 12.8. The van der Waals surface area contributed by atoms with Gasteiger partial charge < -0.3 is 57.8 Å². The molecule has 14 nitrogen and oxygen atoms in total. The Morgan fingerprint density at radius 2 is 1.04 bits per heavy atom. The van der Waals surface area contributed by atoms with Crippen molar-refractivity contribution in [2.24, 2.45) is 0 Å². The van der Waals surface area contributed by atoms with Crippen LogP contribution in [0, 0.1) is 11.6 Å². The molecule has 4 atom stereocenters. The highest BCUT2D eigenvalue weighted by Crippen LogP contribution is 2.46. The summed E-state index contributed by atoms with van der Waals surface area (Å²) in [5.41, 5.74) is 4.74. The van der Waals surface area contributed by atoms with Crippen LogP contribution in [0.3, 0.4) is 0 Å². The van der Waals surface area contributed by atoms with Crippen LogP contribution in [0.4, 0.5) is 8.78 Å². The number of carbonyl (C=O) groups excluding carboxylic acids is 2. The van der Waals surface area contributed by atoms with Crippen molar-refractivity contribution in [3.63, 3.8) is 0 Å². The number of rotatable bonds is 13. The van der Waals surface area contributed by atoms with Gasteiger partial charge >= 0.3 is 19.1 Å². The Balaban J connectivity index is 0.000000161. The van der Waals surface area contributed by atoms with E-state index in [1.54, 1.807) is 62.8 Å². The fourth-order valence-corrected chi connectivity index (χ4v) is 9.07. The van der Waals surface area contributed by atoms with Gasteiger partial charge in [-0.1, -0.05) is 24.3 Å². The number of hydrogen-bond donors (Lipinski definition) is 3. The van der Waals surface area contributed by atoms with Gasteiger partial charge in [0.05, 0.1) is 54.5 Å². The lowest BCUT2D eigenvalue weighted by molar-refractivity contribution is -0.142. The molecule has 0 aromatic heterocycles. The zero-order valence-electron chi connectivity index (χ0n) is 39.5. The summed E-state index contributed by atoms with van der Waals surface area (Å²) in [7, 11) is 4.51. The van der Waals surface area contributed by atoms with Crippen LogP contribution in [0.15, 0.2) is 109 Å². The number of hydrogen-bond acceptors (Lipinski definition) is 14. The van der Waals surface area contributed by atoms with Crippen LogP contribution in [0.5, 0.6) is 51.7 Å². The summed E-state index contributed by atoms with van der Waals surface area (Å²) in [6.07, 6.45) is 2.12. The van der Waals surface area contributed by atoms with Crippen molar-refractivity contribution in [3.8, 4) is 51.7 Å². The first-order valence-electron chi connectivity index (χ1n) is 23.0. The Morgan fingerprint density at radius 3 is 1.54 bits per heavy atom. The minimum atomic E-state index is -1.40. The Kier molecular flexibility index (Phi) is 15.8. The van der Waals surface area contributed by atoms with Gasteiger partial charge in [0.1, 0.15) is 75.6 Å². The minimum absolute atomic E-state index is 0.0342. The number of ether oxygens (including phenoxy) is 9. The standard InChI is InChI=1S/C27H25FO6.C20H19FO5.C7H9BO3/c1-30-17-3-5-18(6-4-17)33-23-12-10-22(28)27-21(23)9-11-24(27)34-19-7-8-20-16(13-26(29)31-2)15-32-25(20)14-19;1-24-19(23)8-11-10-25-18-9-12(2-3-13(11)18)26-17-7-4-14-16(22)6-5-15(21)20(14)17;1-11-7-4-2-6(3-5-7)8(9)10/h3-8,10,12,14,16,24H,9,11,13,15H2,1-2H3;2-3,5-6,9,11,17,22H,4,7-8,10H2,1H3;2-5,9-10H,1H3/t16?,24-;11?,17-;/m11./s1. The van der Waals surface area contributed by atoms with Crippen molar-refractivity contribution in [2.45, 2.75) is 62.6 Å². The second-order valence-corrected chi connectivity index (χ2v) is 17.1. The molecule has 4 aliphatic rings. The molecule has 0 saturated heterocycles. The van der Waals surface area contributed by atoms with E-state index in [2.05, 4.69) is 0 Å². The molecule has 71 heavy (non-hydrogen) atoms. The quantitative estimate of drug-likeness (QED) is 0.0739. The highest BCUT2D eigenvalue weighted by Gasteiger charge is 2.34. The van der Waals surface area contributed by atoms with E-state index in [4.69, 9.17) is 52.7 Å². The number of aromatic hydroxyl groups is 1. The molecule has 6 aromatic rings.